The molecule has 0 aliphatic heterocycles. The highest BCUT2D eigenvalue weighted by molar-refractivity contribution is 5.85. The number of nitrogens with one attached hydrogen (secondary N) is 2. The maximum Gasteiger partial charge on any atom is 0.408 e. The van der Waals surface area contributed by atoms with Crippen LogP contribution in [-0.2, 0) is 25.7 Å². The van der Waals surface area contributed by atoms with E-state index >= 15 is 0 Å². The van der Waals surface area contributed by atoms with Gasteiger partial charge in [-0.25, -0.2) is 9.59 Å². The van der Waals surface area contributed by atoms with Gasteiger partial charge in [-0.3, -0.25) is 4.79 Å². The van der Waals surface area contributed by atoms with Crippen LogP contribution in [0, 0.1) is 11.8 Å². The van der Waals surface area contributed by atoms with Crippen LogP contribution in [0.3, 0.4) is 0 Å². The van der Waals surface area contributed by atoms with E-state index in [0.717, 1.165) is 24.8 Å². The van der Waals surface area contributed by atoms with Gasteiger partial charge < -0.3 is 20.1 Å². The lowest BCUT2D eigenvalue weighted by Gasteiger charge is -2.29. The Morgan fingerprint density at radius 2 is 1.76 bits per heavy atom. The summed E-state index contributed by atoms with van der Waals surface area (Å²) in [4.78, 5) is 36.6. The molecule has 2 N–H and O–H groups in total. The van der Waals surface area contributed by atoms with Crippen LogP contribution in [0.1, 0.15) is 52.0 Å². The third-order valence-corrected chi connectivity index (χ3v) is 5.21. The topological polar surface area (TPSA) is 93.7 Å². The number of hydrogen-bond acceptors (Lipinski definition) is 5. The molecule has 29 heavy (non-hydrogen) atoms. The molecule has 0 unspecified atom stereocenters. The van der Waals surface area contributed by atoms with Gasteiger partial charge in [0.15, 0.2) is 6.61 Å². The van der Waals surface area contributed by atoms with Crippen molar-refractivity contribution in [2.75, 3.05) is 6.61 Å². The molecular formula is C22H32N2O5. The summed E-state index contributed by atoms with van der Waals surface area (Å²) < 4.78 is 10.3. The maximum absolute atomic E-state index is 12.4. The highest BCUT2D eigenvalue weighted by Crippen LogP contribution is 2.23. The van der Waals surface area contributed by atoms with E-state index in [9.17, 15) is 14.4 Å². The Hall–Kier alpha value is -2.57. The van der Waals surface area contributed by atoms with Crippen LogP contribution >= 0.6 is 0 Å². The third kappa shape index (κ3) is 7.75. The normalized spacial score (nSPS) is 19.9. The molecule has 2 amide bonds. The second-order valence-corrected chi connectivity index (χ2v) is 7.97. The Morgan fingerprint density at radius 3 is 2.41 bits per heavy atom. The molecule has 1 aliphatic rings. The Morgan fingerprint density at radius 1 is 1.07 bits per heavy atom. The lowest BCUT2D eigenvalue weighted by Crippen LogP contribution is -2.47. The van der Waals surface area contributed by atoms with E-state index in [4.69, 9.17) is 9.47 Å². The Labute approximate surface area is 172 Å². The number of benzene rings is 1. The monoisotopic (exact) mass is 404 g/mol. The van der Waals surface area contributed by atoms with Crippen molar-refractivity contribution < 1.29 is 23.9 Å². The molecule has 0 radical (unpaired) electrons. The van der Waals surface area contributed by atoms with E-state index in [-0.39, 0.29) is 31.1 Å². The van der Waals surface area contributed by atoms with E-state index < -0.39 is 18.1 Å². The summed E-state index contributed by atoms with van der Waals surface area (Å²) in [7, 11) is 0. The molecule has 1 aromatic rings. The van der Waals surface area contributed by atoms with Crippen molar-refractivity contribution in [2.45, 2.75) is 65.1 Å². The second-order valence-electron chi connectivity index (χ2n) is 7.97. The van der Waals surface area contributed by atoms with Crippen LogP contribution in [0.2, 0.25) is 0 Å². The lowest BCUT2D eigenvalue weighted by atomic mass is 9.86. The molecule has 0 saturated heterocycles. The largest absolute Gasteiger partial charge is 0.454 e. The summed E-state index contributed by atoms with van der Waals surface area (Å²) in [6.07, 6.45) is 3.62. The maximum atomic E-state index is 12.4. The Bertz CT molecular complexity index is 677. The summed E-state index contributed by atoms with van der Waals surface area (Å²) in [5.74, 6) is -0.754. The van der Waals surface area contributed by atoms with Crippen LogP contribution in [0.5, 0.6) is 0 Å². The number of ether oxygens (including phenoxy) is 2. The zero-order chi connectivity index (χ0) is 21.2. The first-order chi connectivity index (χ1) is 13.9. The first-order valence-corrected chi connectivity index (χ1v) is 10.3. The zero-order valence-electron chi connectivity index (χ0n) is 17.5. The summed E-state index contributed by atoms with van der Waals surface area (Å²) >= 11 is 0. The van der Waals surface area contributed by atoms with Gasteiger partial charge in [-0.15, -0.1) is 0 Å². The van der Waals surface area contributed by atoms with Crippen LogP contribution in [0.25, 0.3) is 0 Å². The molecule has 0 bridgehead atoms. The summed E-state index contributed by atoms with van der Waals surface area (Å²) in [6.45, 7) is 5.44. The Kier molecular flexibility index (Phi) is 8.96. The average Bonchev–Trinajstić information content (AvgIpc) is 2.71. The first-order valence-electron chi connectivity index (χ1n) is 10.3. The SMILES string of the molecule is CC(C)[C@H](NC(=O)OCc1ccccc1)C(=O)OCC(=O)N[C@@H]1CCCC[C@@H]1C. The van der Waals surface area contributed by atoms with Crippen molar-refractivity contribution >= 4 is 18.0 Å². The van der Waals surface area contributed by atoms with Crippen molar-refractivity contribution in [1.82, 2.24) is 10.6 Å². The fourth-order valence-electron chi connectivity index (χ4n) is 3.40. The molecule has 0 heterocycles. The van der Waals surface area contributed by atoms with Crippen LogP contribution < -0.4 is 10.6 Å². The molecule has 7 heteroatoms. The van der Waals surface area contributed by atoms with Gasteiger partial charge >= 0.3 is 12.1 Å². The van der Waals surface area contributed by atoms with Gasteiger partial charge in [0.1, 0.15) is 12.6 Å². The number of carbonyl (C=O) groups excluding carboxylic acids is 3. The zero-order valence-corrected chi connectivity index (χ0v) is 17.5. The van der Waals surface area contributed by atoms with E-state index in [1.807, 2.05) is 30.3 Å². The fourth-order valence-corrected chi connectivity index (χ4v) is 3.40. The van der Waals surface area contributed by atoms with Gasteiger partial charge in [-0.1, -0.05) is 63.9 Å². The van der Waals surface area contributed by atoms with Gasteiger partial charge in [-0.05, 0) is 30.2 Å². The van der Waals surface area contributed by atoms with E-state index in [1.54, 1.807) is 13.8 Å². The second kappa shape index (κ2) is 11.4. The smallest absolute Gasteiger partial charge is 0.408 e. The molecule has 0 spiro atoms. The van der Waals surface area contributed by atoms with Gasteiger partial charge in [-0.2, -0.15) is 0 Å². The standard InChI is InChI=1S/C22H32N2O5/c1-15(2)20(24-22(27)29-13-17-10-5-4-6-11-17)21(26)28-14-19(25)23-18-12-8-7-9-16(18)3/h4-6,10-11,15-16,18,20H,7-9,12-14H2,1-3H3,(H,23,25)(H,24,27)/t16-,18+,20-/m0/s1. The number of amides is 2. The molecule has 1 aromatic carbocycles. The molecule has 160 valence electrons. The molecule has 1 aliphatic carbocycles. The lowest BCUT2D eigenvalue weighted by molar-refractivity contribution is -0.151. The van der Waals surface area contributed by atoms with Crippen molar-refractivity contribution in [3.8, 4) is 0 Å². The van der Waals surface area contributed by atoms with Gasteiger partial charge in [0.2, 0.25) is 0 Å². The highest BCUT2D eigenvalue weighted by atomic mass is 16.6. The van der Waals surface area contributed by atoms with Crippen LogP contribution in [-0.4, -0.2) is 36.7 Å². The van der Waals surface area contributed by atoms with Crippen molar-refractivity contribution in [2.24, 2.45) is 11.8 Å². The highest BCUT2D eigenvalue weighted by Gasteiger charge is 2.28. The van der Waals surface area contributed by atoms with E-state index in [0.29, 0.717) is 5.92 Å². The quantitative estimate of drug-likeness (QED) is 0.649. The minimum atomic E-state index is -0.889. The number of esters is 1. The number of hydrogen-bond donors (Lipinski definition) is 2. The summed E-state index contributed by atoms with van der Waals surface area (Å²) in [5, 5.41) is 5.47. The first kappa shape index (κ1) is 22.7. The molecule has 7 nitrogen and oxygen atoms in total. The average molecular weight is 405 g/mol. The third-order valence-electron chi connectivity index (χ3n) is 5.21. The predicted octanol–water partition coefficient (Wildman–Crippen LogP) is 3.18. The van der Waals surface area contributed by atoms with E-state index in [2.05, 4.69) is 17.6 Å². The van der Waals surface area contributed by atoms with Crippen LogP contribution in [0.15, 0.2) is 30.3 Å². The summed E-state index contributed by atoms with van der Waals surface area (Å²) in [5.41, 5.74) is 0.847. The number of rotatable bonds is 8. The number of alkyl carbamates (subject to hydrolysis) is 1. The van der Waals surface area contributed by atoms with Crippen molar-refractivity contribution in [1.29, 1.82) is 0 Å². The Balaban J connectivity index is 1.77. The fraction of sp³-hybridized carbons (Fsp3) is 0.591. The minimum absolute atomic E-state index is 0.106. The van der Waals surface area contributed by atoms with Gasteiger partial charge in [0.25, 0.3) is 5.91 Å². The molecule has 1 fully saturated rings. The molecule has 3 atom stereocenters. The number of carbonyl (C=O) groups is 3. The molecule has 2 rings (SSSR count). The van der Waals surface area contributed by atoms with Gasteiger partial charge in [0.05, 0.1) is 0 Å². The minimum Gasteiger partial charge on any atom is -0.454 e. The summed E-state index contributed by atoms with van der Waals surface area (Å²) in [6, 6.07) is 8.50. The predicted molar refractivity (Wildman–Crippen MR) is 109 cm³/mol. The molecule has 0 aromatic heterocycles. The van der Waals surface area contributed by atoms with Crippen molar-refractivity contribution in [3.63, 3.8) is 0 Å². The van der Waals surface area contributed by atoms with Gasteiger partial charge in [0, 0.05) is 6.04 Å². The van der Waals surface area contributed by atoms with E-state index in [1.165, 1.54) is 6.42 Å². The molecular weight excluding hydrogens is 372 g/mol. The molecule has 1 saturated carbocycles. The van der Waals surface area contributed by atoms with Crippen molar-refractivity contribution in [3.05, 3.63) is 35.9 Å². The van der Waals surface area contributed by atoms with Crippen LogP contribution in [0.4, 0.5) is 4.79 Å².